The summed E-state index contributed by atoms with van der Waals surface area (Å²) in [5.74, 6) is -0.311. The molecule has 0 bridgehead atoms. The topological polar surface area (TPSA) is 52.7 Å². The summed E-state index contributed by atoms with van der Waals surface area (Å²) in [6, 6.07) is 13.1. The van der Waals surface area contributed by atoms with Crippen molar-refractivity contribution in [1.82, 2.24) is 19.3 Å². The van der Waals surface area contributed by atoms with E-state index < -0.39 is 0 Å². The molecule has 25 heavy (non-hydrogen) atoms. The van der Waals surface area contributed by atoms with Crippen LogP contribution in [0.1, 0.15) is 5.56 Å². The van der Waals surface area contributed by atoms with Gasteiger partial charge in [-0.3, -0.25) is 9.36 Å². The van der Waals surface area contributed by atoms with Crippen LogP contribution in [0, 0.1) is 5.82 Å². The van der Waals surface area contributed by atoms with Crippen LogP contribution in [-0.2, 0) is 6.54 Å². The second-order valence-corrected chi connectivity index (χ2v) is 6.01. The smallest absolute Gasteiger partial charge is 0.264 e. The summed E-state index contributed by atoms with van der Waals surface area (Å²) in [6.45, 7) is 0.314. The van der Waals surface area contributed by atoms with Gasteiger partial charge in [-0.2, -0.15) is 5.10 Å². The maximum Gasteiger partial charge on any atom is 0.264 e. The van der Waals surface area contributed by atoms with Crippen LogP contribution in [0.15, 0.2) is 65.8 Å². The van der Waals surface area contributed by atoms with Crippen LogP contribution in [0.4, 0.5) is 4.39 Å². The minimum Gasteiger partial charge on any atom is -0.294 e. The fourth-order valence-electron chi connectivity index (χ4n) is 2.62. The van der Waals surface area contributed by atoms with Gasteiger partial charge in [-0.15, -0.1) is 0 Å². The molecular weight excluding hydrogens is 343 g/mol. The van der Waals surface area contributed by atoms with Crippen LogP contribution in [0.3, 0.4) is 0 Å². The van der Waals surface area contributed by atoms with Crippen molar-refractivity contribution in [3.8, 4) is 5.69 Å². The molecule has 0 unspecified atom stereocenters. The molecule has 0 aliphatic rings. The van der Waals surface area contributed by atoms with Crippen LogP contribution in [0.25, 0.3) is 16.7 Å². The zero-order chi connectivity index (χ0) is 17.4. The fourth-order valence-corrected chi connectivity index (χ4v) is 2.74. The molecule has 0 atom stereocenters. The van der Waals surface area contributed by atoms with Crippen molar-refractivity contribution < 1.29 is 4.39 Å². The predicted octanol–water partition coefficient (Wildman–Crippen LogP) is 3.42. The summed E-state index contributed by atoms with van der Waals surface area (Å²) in [5, 5.41) is 5.30. The van der Waals surface area contributed by atoms with Crippen LogP contribution in [-0.4, -0.2) is 19.3 Å². The SMILES string of the molecule is O=c1c2cnn(-c3ccc(Cl)cc3)c2ncn1Cc1ccc(F)cc1. The Hall–Kier alpha value is -2.99. The summed E-state index contributed by atoms with van der Waals surface area (Å²) in [7, 11) is 0. The van der Waals surface area contributed by atoms with Crippen molar-refractivity contribution in [2.75, 3.05) is 0 Å². The monoisotopic (exact) mass is 354 g/mol. The largest absolute Gasteiger partial charge is 0.294 e. The quantitative estimate of drug-likeness (QED) is 0.566. The minimum absolute atomic E-state index is 0.200. The third-order valence-corrected chi connectivity index (χ3v) is 4.14. The average Bonchev–Trinajstić information content (AvgIpc) is 3.05. The van der Waals surface area contributed by atoms with Gasteiger partial charge >= 0.3 is 0 Å². The lowest BCUT2D eigenvalue weighted by atomic mass is 10.2. The Balaban J connectivity index is 1.75. The van der Waals surface area contributed by atoms with E-state index in [0.717, 1.165) is 11.3 Å². The van der Waals surface area contributed by atoms with E-state index >= 15 is 0 Å². The maximum atomic E-state index is 13.0. The van der Waals surface area contributed by atoms with Crippen LogP contribution >= 0.6 is 11.6 Å². The third kappa shape index (κ3) is 2.92. The van der Waals surface area contributed by atoms with Gasteiger partial charge in [0, 0.05) is 5.02 Å². The third-order valence-electron chi connectivity index (χ3n) is 3.89. The molecule has 0 saturated carbocycles. The molecule has 4 rings (SSSR count). The molecule has 124 valence electrons. The Morgan fingerprint density at radius 1 is 1.04 bits per heavy atom. The number of rotatable bonds is 3. The van der Waals surface area contributed by atoms with Gasteiger partial charge < -0.3 is 0 Å². The maximum absolute atomic E-state index is 13.0. The number of fused-ring (bicyclic) bond motifs is 1. The zero-order valence-corrected chi connectivity index (χ0v) is 13.7. The van der Waals surface area contributed by atoms with Gasteiger partial charge in [0.25, 0.3) is 5.56 Å². The molecule has 0 fully saturated rings. The molecule has 2 aromatic heterocycles. The summed E-state index contributed by atoms with van der Waals surface area (Å²) >= 11 is 5.90. The molecule has 5 nitrogen and oxygen atoms in total. The second kappa shape index (κ2) is 6.14. The van der Waals surface area contributed by atoms with Gasteiger partial charge in [0.15, 0.2) is 5.65 Å². The van der Waals surface area contributed by atoms with Gasteiger partial charge in [-0.25, -0.2) is 14.1 Å². The molecule has 0 aliphatic heterocycles. The highest BCUT2D eigenvalue weighted by atomic mass is 35.5. The highest BCUT2D eigenvalue weighted by Gasteiger charge is 2.11. The Morgan fingerprint density at radius 2 is 1.76 bits per heavy atom. The van der Waals surface area contributed by atoms with Gasteiger partial charge in [0.05, 0.1) is 18.4 Å². The van der Waals surface area contributed by atoms with E-state index in [1.807, 2.05) is 0 Å². The van der Waals surface area contributed by atoms with E-state index in [2.05, 4.69) is 10.1 Å². The van der Waals surface area contributed by atoms with Gasteiger partial charge in [0.2, 0.25) is 0 Å². The van der Waals surface area contributed by atoms with Crippen molar-refractivity contribution in [3.63, 3.8) is 0 Å². The van der Waals surface area contributed by atoms with Crippen molar-refractivity contribution in [2.24, 2.45) is 0 Å². The number of aromatic nitrogens is 4. The normalized spacial score (nSPS) is 11.1. The predicted molar refractivity (Wildman–Crippen MR) is 93.6 cm³/mol. The van der Waals surface area contributed by atoms with Gasteiger partial charge in [0.1, 0.15) is 17.5 Å². The first-order valence-corrected chi connectivity index (χ1v) is 7.93. The standard InChI is InChI=1S/C18H12ClFN4O/c19-13-3-7-15(8-4-13)24-17-16(9-22-24)18(25)23(11-21-17)10-12-1-5-14(20)6-2-12/h1-9,11H,10H2. The molecule has 0 N–H and O–H groups in total. The lowest BCUT2D eigenvalue weighted by molar-refractivity contribution is 0.626. The van der Waals surface area contributed by atoms with Crippen LogP contribution < -0.4 is 5.56 Å². The zero-order valence-electron chi connectivity index (χ0n) is 12.9. The summed E-state index contributed by atoms with van der Waals surface area (Å²) in [5.41, 5.74) is 1.86. The van der Waals surface area contributed by atoms with Crippen LogP contribution in [0.2, 0.25) is 5.02 Å². The number of hydrogen-bond donors (Lipinski definition) is 0. The number of nitrogens with zero attached hydrogens (tertiary/aromatic N) is 4. The van der Waals surface area contributed by atoms with Crippen molar-refractivity contribution in [3.05, 3.63) is 87.8 Å². The Bertz CT molecular complexity index is 1100. The van der Waals surface area contributed by atoms with E-state index in [4.69, 9.17) is 11.6 Å². The summed E-state index contributed by atoms with van der Waals surface area (Å²) in [6.07, 6.45) is 2.97. The molecule has 0 amide bonds. The lowest BCUT2D eigenvalue weighted by Crippen LogP contribution is -2.21. The van der Waals surface area contributed by atoms with E-state index in [1.54, 1.807) is 41.1 Å². The minimum atomic E-state index is -0.311. The van der Waals surface area contributed by atoms with Gasteiger partial charge in [-0.05, 0) is 42.0 Å². The average molecular weight is 355 g/mol. The first kappa shape index (κ1) is 15.5. The van der Waals surface area contributed by atoms with E-state index in [1.165, 1.54) is 29.2 Å². The first-order valence-electron chi connectivity index (χ1n) is 7.55. The highest BCUT2D eigenvalue weighted by Crippen LogP contribution is 2.16. The molecule has 4 aromatic rings. The summed E-state index contributed by atoms with van der Waals surface area (Å²) in [4.78, 5) is 17.0. The Morgan fingerprint density at radius 3 is 2.48 bits per heavy atom. The fraction of sp³-hybridized carbons (Fsp3) is 0.0556. The number of hydrogen-bond acceptors (Lipinski definition) is 3. The second-order valence-electron chi connectivity index (χ2n) is 5.57. The highest BCUT2D eigenvalue weighted by molar-refractivity contribution is 6.30. The molecule has 7 heteroatoms. The number of halogens is 2. The van der Waals surface area contributed by atoms with Crippen molar-refractivity contribution >= 4 is 22.6 Å². The molecular formula is C18H12ClFN4O. The molecule has 0 aliphatic carbocycles. The molecule has 2 heterocycles. The van der Waals surface area contributed by atoms with Crippen molar-refractivity contribution in [1.29, 1.82) is 0 Å². The Kier molecular flexibility index (Phi) is 3.82. The van der Waals surface area contributed by atoms with Gasteiger partial charge in [-0.1, -0.05) is 23.7 Å². The molecule has 0 saturated heterocycles. The molecule has 0 spiro atoms. The van der Waals surface area contributed by atoms with Crippen LogP contribution in [0.5, 0.6) is 0 Å². The van der Waals surface area contributed by atoms with Crippen molar-refractivity contribution in [2.45, 2.75) is 6.54 Å². The van der Waals surface area contributed by atoms with E-state index in [0.29, 0.717) is 22.6 Å². The first-order chi connectivity index (χ1) is 12.1. The summed E-state index contributed by atoms with van der Waals surface area (Å²) < 4.78 is 16.1. The van der Waals surface area contributed by atoms with E-state index in [-0.39, 0.29) is 11.4 Å². The number of benzene rings is 2. The Labute approximate surface area is 146 Å². The molecule has 0 radical (unpaired) electrons. The lowest BCUT2D eigenvalue weighted by Gasteiger charge is -2.06. The van der Waals surface area contributed by atoms with E-state index in [9.17, 15) is 9.18 Å². The molecule has 2 aromatic carbocycles.